The number of aromatic nitrogens is 1. The van der Waals surface area contributed by atoms with Gasteiger partial charge in [0.25, 0.3) is 11.5 Å². The topological polar surface area (TPSA) is 82.8 Å². The summed E-state index contributed by atoms with van der Waals surface area (Å²) < 4.78 is 15.2. The van der Waals surface area contributed by atoms with Gasteiger partial charge >= 0.3 is 5.97 Å². The zero-order chi connectivity index (χ0) is 24.5. The fraction of sp³-hybridized carbons (Fsp3) is 0.519. The van der Waals surface area contributed by atoms with Gasteiger partial charge in [0, 0.05) is 62.4 Å². The van der Waals surface area contributed by atoms with Crippen molar-refractivity contribution in [1.82, 2.24) is 14.4 Å². The number of fused-ring (bicyclic) bond motifs is 4. The van der Waals surface area contributed by atoms with Crippen LogP contribution >= 0.6 is 0 Å². The molecule has 3 aliphatic rings. The van der Waals surface area contributed by atoms with Crippen molar-refractivity contribution in [3.8, 4) is 0 Å². The molecule has 0 unspecified atom stereocenters. The standard InChI is InChI=1S/C27H32FN3O4/c28-23-6-4-19(5-7-23)27(35)30-11-9-20(13-26(33)34)21(17-30)8-10-29-14-18-12-22(16-29)24-2-1-3-25(32)31(24)15-18/h1-7,18,20-22H,8-17H2,(H,33,34)/t18-,20-,21-,22+/m0/s1. The minimum absolute atomic E-state index is 0.0355. The van der Waals surface area contributed by atoms with Crippen LogP contribution < -0.4 is 5.56 Å². The fourth-order valence-corrected chi connectivity index (χ4v) is 6.39. The van der Waals surface area contributed by atoms with Gasteiger partial charge in [-0.15, -0.1) is 0 Å². The molecule has 2 aromatic rings. The molecular weight excluding hydrogens is 449 g/mol. The van der Waals surface area contributed by atoms with Gasteiger partial charge in [0.1, 0.15) is 5.82 Å². The summed E-state index contributed by atoms with van der Waals surface area (Å²) in [4.78, 5) is 41.1. The van der Waals surface area contributed by atoms with Crippen LogP contribution in [0.25, 0.3) is 0 Å². The van der Waals surface area contributed by atoms with Crippen molar-refractivity contribution < 1.29 is 19.1 Å². The van der Waals surface area contributed by atoms with Crippen LogP contribution in [0.1, 0.15) is 47.7 Å². The van der Waals surface area contributed by atoms with Crippen LogP contribution in [0.2, 0.25) is 0 Å². The predicted octanol–water partition coefficient (Wildman–Crippen LogP) is 3.05. The molecule has 2 bridgehead atoms. The van der Waals surface area contributed by atoms with Crippen LogP contribution in [-0.2, 0) is 11.3 Å². The van der Waals surface area contributed by atoms with Crippen LogP contribution in [-0.4, -0.2) is 64.1 Å². The molecule has 8 heteroatoms. The van der Waals surface area contributed by atoms with Gasteiger partial charge in [-0.3, -0.25) is 14.4 Å². The van der Waals surface area contributed by atoms with Crippen molar-refractivity contribution in [2.45, 2.75) is 38.1 Å². The summed E-state index contributed by atoms with van der Waals surface area (Å²) in [5.41, 5.74) is 1.66. The monoisotopic (exact) mass is 481 g/mol. The van der Waals surface area contributed by atoms with Crippen molar-refractivity contribution in [1.29, 1.82) is 0 Å². The number of pyridine rings is 1. The maximum atomic E-state index is 13.3. The number of aliphatic carboxylic acids is 1. The molecule has 0 spiro atoms. The van der Waals surface area contributed by atoms with Crippen LogP contribution in [0.4, 0.5) is 4.39 Å². The number of likely N-dealkylation sites (tertiary alicyclic amines) is 2. The number of rotatable bonds is 6. The zero-order valence-electron chi connectivity index (χ0n) is 19.8. The third kappa shape index (κ3) is 5.17. The highest BCUT2D eigenvalue weighted by Crippen LogP contribution is 2.36. The Hall–Kier alpha value is -3.00. The number of carbonyl (C=O) groups excluding carboxylic acids is 1. The van der Waals surface area contributed by atoms with Gasteiger partial charge < -0.3 is 19.5 Å². The maximum Gasteiger partial charge on any atom is 0.303 e. The summed E-state index contributed by atoms with van der Waals surface area (Å²) in [6, 6.07) is 11.1. The van der Waals surface area contributed by atoms with E-state index in [1.807, 2.05) is 10.6 Å². The lowest BCUT2D eigenvalue weighted by Crippen LogP contribution is -2.49. The van der Waals surface area contributed by atoms with E-state index >= 15 is 0 Å². The highest BCUT2D eigenvalue weighted by molar-refractivity contribution is 5.94. The number of amides is 1. The van der Waals surface area contributed by atoms with Crippen molar-refractivity contribution in [2.24, 2.45) is 17.8 Å². The Bertz CT molecular complexity index is 1150. The average molecular weight is 482 g/mol. The van der Waals surface area contributed by atoms with Crippen molar-refractivity contribution in [3.05, 3.63) is 69.9 Å². The van der Waals surface area contributed by atoms with E-state index < -0.39 is 5.97 Å². The number of carbonyl (C=O) groups is 2. The van der Waals surface area contributed by atoms with Crippen LogP contribution in [0.5, 0.6) is 0 Å². The number of carboxylic acid groups (broad SMARTS) is 1. The lowest BCUT2D eigenvalue weighted by atomic mass is 9.80. The molecule has 0 radical (unpaired) electrons. The molecule has 2 fully saturated rings. The Morgan fingerprint density at radius 1 is 1.00 bits per heavy atom. The van der Waals surface area contributed by atoms with Crippen molar-refractivity contribution in [2.75, 3.05) is 32.7 Å². The van der Waals surface area contributed by atoms with Crippen molar-refractivity contribution in [3.63, 3.8) is 0 Å². The lowest BCUT2D eigenvalue weighted by Gasteiger charge is -2.44. The van der Waals surface area contributed by atoms with Gasteiger partial charge in [0.05, 0.1) is 0 Å². The highest BCUT2D eigenvalue weighted by Gasteiger charge is 2.36. The molecule has 35 heavy (non-hydrogen) atoms. The molecule has 5 rings (SSSR count). The molecule has 4 heterocycles. The molecule has 0 saturated carbocycles. The zero-order valence-corrected chi connectivity index (χ0v) is 19.8. The quantitative estimate of drug-likeness (QED) is 0.686. The lowest BCUT2D eigenvalue weighted by molar-refractivity contribution is -0.139. The van der Waals surface area contributed by atoms with E-state index in [0.29, 0.717) is 36.9 Å². The van der Waals surface area contributed by atoms with Gasteiger partial charge in [-0.25, -0.2) is 4.39 Å². The molecule has 7 nitrogen and oxygen atoms in total. The molecule has 3 aliphatic heterocycles. The smallest absolute Gasteiger partial charge is 0.303 e. The molecular formula is C27H32FN3O4. The third-order valence-corrected chi connectivity index (χ3v) is 8.08. The molecule has 2 saturated heterocycles. The SMILES string of the molecule is O=C(O)C[C@@H]1CCN(C(=O)c2ccc(F)cc2)C[C@@H]1CCN1C[C@@H]2C[C@H](C1)c1cccc(=O)n1C2. The van der Waals surface area contributed by atoms with Gasteiger partial charge in [-0.05, 0) is 73.9 Å². The van der Waals surface area contributed by atoms with E-state index in [4.69, 9.17) is 0 Å². The molecule has 1 aromatic heterocycles. The predicted molar refractivity (Wildman–Crippen MR) is 129 cm³/mol. The molecule has 186 valence electrons. The second-order valence-corrected chi connectivity index (χ2v) is 10.4. The number of halogens is 1. The minimum atomic E-state index is -0.798. The summed E-state index contributed by atoms with van der Waals surface area (Å²) >= 11 is 0. The maximum absolute atomic E-state index is 13.3. The Labute approximate surface area is 204 Å². The van der Waals surface area contributed by atoms with E-state index in [-0.39, 0.29) is 35.5 Å². The van der Waals surface area contributed by atoms with Gasteiger partial charge in [-0.1, -0.05) is 6.07 Å². The van der Waals surface area contributed by atoms with E-state index in [1.54, 1.807) is 11.0 Å². The van der Waals surface area contributed by atoms with Gasteiger partial charge in [0.15, 0.2) is 0 Å². The first-order chi connectivity index (χ1) is 16.9. The Balaban J connectivity index is 1.25. The first-order valence-electron chi connectivity index (χ1n) is 12.6. The third-order valence-electron chi connectivity index (χ3n) is 8.08. The molecule has 1 aromatic carbocycles. The van der Waals surface area contributed by atoms with Crippen LogP contribution in [0.3, 0.4) is 0 Å². The first kappa shape index (κ1) is 23.7. The normalized spacial score (nSPS) is 26.3. The summed E-state index contributed by atoms with van der Waals surface area (Å²) in [6.07, 6.45) is 2.70. The molecule has 1 amide bonds. The highest BCUT2D eigenvalue weighted by atomic mass is 19.1. The second-order valence-electron chi connectivity index (χ2n) is 10.4. The fourth-order valence-electron chi connectivity index (χ4n) is 6.39. The van der Waals surface area contributed by atoms with E-state index in [0.717, 1.165) is 44.7 Å². The Morgan fingerprint density at radius 2 is 1.80 bits per heavy atom. The Morgan fingerprint density at radius 3 is 2.57 bits per heavy atom. The number of nitrogens with zero attached hydrogens (tertiary/aromatic N) is 3. The number of carboxylic acids is 1. The van der Waals surface area contributed by atoms with Crippen LogP contribution in [0.15, 0.2) is 47.3 Å². The number of hydrogen-bond acceptors (Lipinski definition) is 4. The van der Waals surface area contributed by atoms with Gasteiger partial charge in [-0.2, -0.15) is 0 Å². The first-order valence-corrected chi connectivity index (χ1v) is 12.6. The number of hydrogen-bond donors (Lipinski definition) is 1. The average Bonchev–Trinajstić information content (AvgIpc) is 2.84. The number of benzene rings is 1. The van der Waals surface area contributed by atoms with E-state index in [9.17, 15) is 23.9 Å². The van der Waals surface area contributed by atoms with E-state index in [1.165, 1.54) is 24.3 Å². The minimum Gasteiger partial charge on any atom is -0.481 e. The summed E-state index contributed by atoms with van der Waals surface area (Å²) in [6.45, 7) is 4.48. The summed E-state index contributed by atoms with van der Waals surface area (Å²) in [5.74, 6) is -0.382. The second kappa shape index (κ2) is 9.93. The largest absolute Gasteiger partial charge is 0.481 e. The molecule has 1 N–H and O–H groups in total. The van der Waals surface area contributed by atoms with Crippen LogP contribution in [0, 0.1) is 23.6 Å². The summed E-state index contributed by atoms with van der Waals surface area (Å²) in [7, 11) is 0. The summed E-state index contributed by atoms with van der Waals surface area (Å²) in [5, 5.41) is 9.45. The van der Waals surface area contributed by atoms with Crippen molar-refractivity contribution >= 4 is 11.9 Å². The number of piperidine rings is 2. The van der Waals surface area contributed by atoms with E-state index in [2.05, 4.69) is 11.0 Å². The van der Waals surface area contributed by atoms with Gasteiger partial charge in [0.2, 0.25) is 0 Å². The molecule has 0 aliphatic carbocycles. The Kier molecular flexibility index (Phi) is 6.73. The molecule has 4 atom stereocenters.